The second-order valence-corrected chi connectivity index (χ2v) is 4.26. The minimum absolute atomic E-state index is 0.0557. The summed E-state index contributed by atoms with van der Waals surface area (Å²) in [6.45, 7) is 4.35. The van der Waals surface area contributed by atoms with Crippen molar-refractivity contribution in [2.24, 2.45) is 5.73 Å². The average Bonchev–Trinajstić information content (AvgIpc) is 2.83. The maximum atomic E-state index is 13.2. The Morgan fingerprint density at radius 1 is 1.44 bits per heavy atom. The van der Waals surface area contributed by atoms with Gasteiger partial charge in [-0.15, -0.1) is 0 Å². The molecule has 1 aromatic heterocycles. The van der Waals surface area contributed by atoms with Crippen molar-refractivity contribution in [1.29, 1.82) is 0 Å². The van der Waals surface area contributed by atoms with Crippen LogP contribution in [0.5, 0.6) is 0 Å². The molecule has 0 radical (unpaired) electrons. The van der Waals surface area contributed by atoms with Crippen molar-refractivity contribution in [2.75, 3.05) is 6.54 Å². The van der Waals surface area contributed by atoms with E-state index < -0.39 is 0 Å². The Kier molecular flexibility index (Phi) is 3.72. The van der Waals surface area contributed by atoms with Crippen molar-refractivity contribution in [1.82, 2.24) is 10.1 Å². The van der Waals surface area contributed by atoms with Crippen LogP contribution in [0, 0.1) is 12.7 Å². The van der Waals surface area contributed by atoms with Crippen LogP contribution in [-0.4, -0.2) is 16.7 Å². The number of aromatic nitrogens is 2. The third kappa shape index (κ3) is 2.41. The van der Waals surface area contributed by atoms with E-state index in [1.165, 1.54) is 12.1 Å². The standard InChI is InChI=1S/C13H16FN3O/c1-3-9(7-15)13-16-12(17-18-13)11-6-10(14)5-4-8(11)2/h4-6,9H,3,7,15H2,1-2H3. The first-order chi connectivity index (χ1) is 8.65. The Balaban J connectivity index is 2.37. The molecule has 1 unspecified atom stereocenters. The second kappa shape index (κ2) is 5.27. The van der Waals surface area contributed by atoms with Crippen LogP contribution in [0.4, 0.5) is 4.39 Å². The fourth-order valence-electron chi connectivity index (χ4n) is 1.79. The fraction of sp³-hybridized carbons (Fsp3) is 0.385. The monoisotopic (exact) mass is 249 g/mol. The molecule has 1 aromatic carbocycles. The zero-order valence-corrected chi connectivity index (χ0v) is 10.5. The van der Waals surface area contributed by atoms with E-state index in [0.717, 1.165) is 12.0 Å². The van der Waals surface area contributed by atoms with Gasteiger partial charge in [0.05, 0.1) is 5.92 Å². The van der Waals surface area contributed by atoms with Crippen molar-refractivity contribution in [3.8, 4) is 11.4 Å². The summed E-state index contributed by atoms with van der Waals surface area (Å²) in [7, 11) is 0. The largest absolute Gasteiger partial charge is 0.339 e. The molecule has 2 aromatic rings. The van der Waals surface area contributed by atoms with Crippen LogP contribution in [-0.2, 0) is 0 Å². The van der Waals surface area contributed by atoms with Gasteiger partial charge in [-0.05, 0) is 31.0 Å². The molecule has 4 nitrogen and oxygen atoms in total. The first-order valence-electron chi connectivity index (χ1n) is 5.96. The lowest BCUT2D eigenvalue weighted by molar-refractivity contribution is 0.351. The number of hydrogen-bond donors (Lipinski definition) is 1. The van der Waals surface area contributed by atoms with Gasteiger partial charge in [-0.2, -0.15) is 4.98 Å². The van der Waals surface area contributed by atoms with E-state index in [4.69, 9.17) is 10.3 Å². The zero-order chi connectivity index (χ0) is 13.1. The summed E-state index contributed by atoms with van der Waals surface area (Å²) in [5.41, 5.74) is 7.19. The van der Waals surface area contributed by atoms with Crippen LogP contribution in [0.3, 0.4) is 0 Å². The number of nitrogens with zero attached hydrogens (tertiary/aromatic N) is 2. The lowest BCUT2D eigenvalue weighted by Crippen LogP contribution is -2.11. The summed E-state index contributed by atoms with van der Waals surface area (Å²) in [5, 5.41) is 3.90. The summed E-state index contributed by atoms with van der Waals surface area (Å²) in [6, 6.07) is 4.52. The van der Waals surface area contributed by atoms with Crippen LogP contribution < -0.4 is 5.73 Å². The van der Waals surface area contributed by atoms with Crippen LogP contribution >= 0.6 is 0 Å². The first-order valence-corrected chi connectivity index (χ1v) is 5.96. The summed E-state index contributed by atoms with van der Waals surface area (Å²) in [6.07, 6.45) is 0.834. The highest BCUT2D eigenvalue weighted by molar-refractivity contribution is 5.59. The van der Waals surface area contributed by atoms with Gasteiger partial charge < -0.3 is 10.3 Å². The van der Waals surface area contributed by atoms with Gasteiger partial charge in [0, 0.05) is 12.1 Å². The van der Waals surface area contributed by atoms with E-state index in [1.54, 1.807) is 6.07 Å². The lowest BCUT2D eigenvalue weighted by Gasteiger charge is -2.04. The van der Waals surface area contributed by atoms with Crippen LogP contribution in [0.2, 0.25) is 0 Å². The van der Waals surface area contributed by atoms with Gasteiger partial charge in [-0.1, -0.05) is 18.1 Å². The maximum Gasteiger partial charge on any atom is 0.231 e. The van der Waals surface area contributed by atoms with E-state index in [9.17, 15) is 4.39 Å². The van der Waals surface area contributed by atoms with Crippen molar-refractivity contribution in [3.63, 3.8) is 0 Å². The van der Waals surface area contributed by atoms with E-state index in [0.29, 0.717) is 23.8 Å². The highest BCUT2D eigenvalue weighted by Gasteiger charge is 2.17. The summed E-state index contributed by atoms with van der Waals surface area (Å²) < 4.78 is 18.4. The van der Waals surface area contributed by atoms with Crippen LogP contribution in [0.15, 0.2) is 22.7 Å². The van der Waals surface area contributed by atoms with E-state index >= 15 is 0 Å². The molecular weight excluding hydrogens is 233 g/mol. The molecule has 0 saturated carbocycles. The molecule has 0 spiro atoms. The Bertz CT molecular complexity index is 535. The molecule has 1 atom stereocenters. The second-order valence-electron chi connectivity index (χ2n) is 4.26. The SMILES string of the molecule is CCC(CN)c1nc(-c2cc(F)ccc2C)no1. The summed E-state index contributed by atoms with van der Waals surface area (Å²) in [5.74, 6) is 0.667. The van der Waals surface area contributed by atoms with E-state index in [2.05, 4.69) is 10.1 Å². The molecule has 1 heterocycles. The van der Waals surface area contributed by atoms with Gasteiger partial charge >= 0.3 is 0 Å². The van der Waals surface area contributed by atoms with Gasteiger partial charge in [0.25, 0.3) is 0 Å². The number of nitrogens with two attached hydrogens (primary N) is 1. The molecular formula is C13H16FN3O. The number of hydrogen-bond acceptors (Lipinski definition) is 4. The smallest absolute Gasteiger partial charge is 0.231 e. The van der Waals surface area contributed by atoms with Crippen molar-refractivity contribution in [2.45, 2.75) is 26.2 Å². The highest BCUT2D eigenvalue weighted by atomic mass is 19.1. The molecule has 0 amide bonds. The zero-order valence-electron chi connectivity index (χ0n) is 10.5. The van der Waals surface area contributed by atoms with E-state index in [-0.39, 0.29) is 11.7 Å². The molecule has 0 aliphatic rings. The average molecular weight is 249 g/mol. The quantitative estimate of drug-likeness (QED) is 0.904. The highest BCUT2D eigenvalue weighted by Crippen LogP contribution is 2.24. The Labute approximate surface area is 105 Å². The van der Waals surface area contributed by atoms with E-state index in [1.807, 2.05) is 13.8 Å². The lowest BCUT2D eigenvalue weighted by atomic mass is 10.1. The molecule has 2 rings (SSSR count). The molecule has 0 aliphatic heterocycles. The van der Waals surface area contributed by atoms with Gasteiger partial charge in [0.15, 0.2) is 0 Å². The number of rotatable bonds is 4. The molecule has 18 heavy (non-hydrogen) atoms. The minimum Gasteiger partial charge on any atom is -0.339 e. The summed E-state index contributed by atoms with van der Waals surface area (Å²) in [4.78, 5) is 4.30. The normalized spacial score (nSPS) is 12.7. The van der Waals surface area contributed by atoms with Crippen molar-refractivity contribution in [3.05, 3.63) is 35.5 Å². The minimum atomic E-state index is -0.312. The molecule has 0 saturated heterocycles. The maximum absolute atomic E-state index is 13.2. The number of halogens is 1. The third-order valence-electron chi connectivity index (χ3n) is 3.01. The van der Waals surface area contributed by atoms with Gasteiger partial charge in [0.1, 0.15) is 5.82 Å². The number of benzene rings is 1. The topological polar surface area (TPSA) is 64.9 Å². The third-order valence-corrected chi connectivity index (χ3v) is 3.01. The Morgan fingerprint density at radius 2 is 2.22 bits per heavy atom. The molecule has 5 heteroatoms. The van der Waals surface area contributed by atoms with Gasteiger partial charge in [-0.3, -0.25) is 0 Å². The van der Waals surface area contributed by atoms with Crippen molar-refractivity contribution < 1.29 is 8.91 Å². The molecule has 96 valence electrons. The summed E-state index contributed by atoms with van der Waals surface area (Å²) >= 11 is 0. The van der Waals surface area contributed by atoms with Gasteiger partial charge in [-0.25, -0.2) is 4.39 Å². The fourth-order valence-corrected chi connectivity index (χ4v) is 1.79. The number of aryl methyl sites for hydroxylation is 1. The molecule has 0 fully saturated rings. The predicted molar refractivity (Wildman–Crippen MR) is 66.5 cm³/mol. The Morgan fingerprint density at radius 3 is 2.89 bits per heavy atom. The van der Waals surface area contributed by atoms with Crippen LogP contribution in [0.25, 0.3) is 11.4 Å². The van der Waals surface area contributed by atoms with Crippen molar-refractivity contribution >= 4 is 0 Å². The first kappa shape index (κ1) is 12.7. The van der Waals surface area contributed by atoms with Crippen LogP contribution in [0.1, 0.15) is 30.7 Å². The Hall–Kier alpha value is -1.75. The molecule has 0 bridgehead atoms. The predicted octanol–water partition coefficient (Wildman–Crippen LogP) is 2.64. The molecule has 0 aliphatic carbocycles. The van der Waals surface area contributed by atoms with Gasteiger partial charge in [0.2, 0.25) is 11.7 Å². The molecule has 2 N–H and O–H groups in total.